The second-order valence-corrected chi connectivity index (χ2v) is 9.11. The second kappa shape index (κ2) is 9.21. The maximum absolute atomic E-state index is 12.3. The van der Waals surface area contributed by atoms with Gasteiger partial charge in [0.25, 0.3) is 0 Å². The van der Waals surface area contributed by atoms with E-state index >= 15 is 0 Å². The first-order valence-corrected chi connectivity index (χ1v) is 11.6. The lowest BCUT2D eigenvalue weighted by Gasteiger charge is -2.12. The van der Waals surface area contributed by atoms with Gasteiger partial charge in [0, 0.05) is 35.0 Å². The number of nitrogens with one attached hydrogen (secondary N) is 2. The molecule has 0 aliphatic rings. The van der Waals surface area contributed by atoms with E-state index in [0.717, 1.165) is 23.9 Å². The molecule has 2 aromatic carbocycles. The van der Waals surface area contributed by atoms with Crippen LogP contribution in [0.2, 0.25) is 0 Å². The maximum Gasteiger partial charge on any atom is 0.241 e. The summed E-state index contributed by atoms with van der Waals surface area (Å²) in [6.07, 6.45) is 3.06. The van der Waals surface area contributed by atoms with Crippen molar-refractivity contribution in [2.75, 3.05) is 15.8 Å². The first-order valence-electron chi connectivity index (χ1n) is 9.91. The number of carbonyl (C=O) groups excluding carboxylic acids is 1. The molecule has 1 amide bonds. The molecule has 0 atom stereocenters. The van der Waals surface area contributed by atoms with Gasteiger partial charge in [0.2, 0.25) is 15.9 Å². The zero-order chi connectivity index (χ0) is 21.7. The summed E-state index contributed by atoms with van der Waals surface area (Å²) in [5, 5.41) is 3.65. The molecule has 3 aromatic rings. The summed E-state index contributed by atoms with van der Waals surface area (Å²) in [7, 11) is -3.84. The Morgan fingerprint density at radius 3 is 2.43 bits per heavy atom. The first-order chi connectivity index (χ1) is 14.3. The van der Waals surface area contributed by atoms with Crippen LogP contribution in [0.15, 0.2) is 54.7 Å². The number of sulfonamides is 1. The third-order valence-corrected chi connectivity index (χ3v) is 5.53. The van der Waals surface area contributed by atoms with Crippen molar-refractivity contribution in [1.82, 2.24) is 4.57 Å². The minimum absolute atomic E-state index is 0.0284. The molecule has 0 unspecified atom stereocenters. The molecular weight excluding hydrogens is 402 g/mol. The average Bonchev–Trinajstić information content (AvgIpc) is 3.04. The third-order valence-electron chi connectivity index (χ3n) is 4.34. The predicted octanol–water partition coefficient (Wildman–Crippen LogP) is 4.22. The molecule has 0 aliphatic carbocycles. The van der Waals surface area contributed by atoms with Gasteiger partial charge in [-0.05, 0) is 68.8 Å². The van der Waals surface area contributed by atoms with Gasteiger partial charge in [0.1, 0.15) is 11.5 Å². The van der Waals surface area contributed by atoms with Crippen LogP contribution in [-0.2, 0) is 21.4 Å². The molecule has 160 valence electrons. The van der Waals surface area contributed by atoms with Gasteiger partial charge in [-0.3, -0.25) is 9.52 Å². The summed E-state index contributed by atoms with van der Waals surface area (Å²) in [6, 6.07) is 14.1. The van der Waals surface area contributed by atoms with E-state index in [9.17, 15) is 13.2 Å². The second-order valence-electron chi connectivity index (χ2n) is 7.38. The van der Waals surface area contributed by atoms with E-state index in [1.165, 1.54) is 0 Å². The van der Waals surface area contributed by atoms with Crippen molar-refractivity contribution in [3.8, 4) is 5.75 Å². The first kappa shape index (κ1) is 21.7. The molecule has 0 aliphatic heterocycles. The Kier molecular flexibility index (Phi) is 6.66. The molecule has 8 heteroatoms. The number of carbonyl (C=O) groups is 1. The van der Waals surface area contributed by atoms with E-state index in [1.54, 1.807) is 30.3 Å². The van der Waals surface area contributed by atoms with Gasteiger partial charge < -0.3 is 14.6 Å². The summed E-state index contributed by atoms with van der Waals surface area (Å²) in [6.45, 7) is 6.86. The van der Waals surface area contributed by atoms with E-state index < -0.39 is 21.7 Å². The fraction of sp³-hybridized carbons (Fsp3) is 0.318. The number of aromatic nitrogens is 1. The van der Waals surface area contributed by atoms with Gasteiger partial charge in [-0.15, -0.1) is 0 Å². The molecule has 0 fully saturated rings. The van der Waals surface area contributed by atoms with Crippen LogP contribution in [0, 0.1) is 0 Å². The largest absolute Gasteiger partial charge is 0.491 e. The normalized spacial score (nSPS) is 11.6. The lowest BCUT2D eigenvalue weighted by atomic mass is 10.2. The predicted molar refractivity (Wildman–Crippen MR) is 120 cm³/mol. The van der Waals surface area contributed by atoms with Crippen molar-refractivity contribution in [3.63, 3.8) is 0 Å². The summed E-state index contributed by atoms with van der Waals surface area (Å²) >= 11 is 0. The van der Waals surface area contributed by atoms with Crippen molar-refractivity contribution in [2.24, 2.45) is 0 Å². The molecule has 0 bridgehead atoms. The third kappa shape index (κ3) is 5.76. The van der Waals surface area contributed by atoms with Crippen LogP contribution in [0.4, 0.5) is 11.4 Å². The number of rotatable bonds is 9. The van der Waals surface area contributed by atoms with Gasteiger partial charge in [-0.2, -0.15) is 0 Å². The number of aryl methyl sites for hydroxylation is 1. The van der Waals surface area contributed by atoms with Crippen LogP contribution >= 0.6 is 0 Å². The molecule has 30 heavy (non-hydrogen) atoms. The van der Waals surface area contributed by atoms with E-state index in [-0.39, 0.29) is 6.10 Å². The molecular formula is C22H27N3O4S. The van der Waals surface area contributed by atoms with Gasteiger partial charge in [-0.1, -0.05) is 6.92 Å². The highest BCUT2D eigenvalue weighted by atomic mass is 32.2. The highest BCUT2D eigenvalue weighted by Gasteiger charge is 2.17. The fourth-order valence-corrected chi connectivity index (χ4v) is 4.16. The van der Waals surface area contributed by atoms with Crippen molar-refractivity contribution in [3.05, 3.63) is 54.7 Å². The van der Waals surface area contributed by atoms with Crippen molar-refractivity contribution in [2.45, 2.75) is 39.8 Å². The topological polar surface area (TPSA) is 89.4 Å². The van der Waals surface area contributed by atoms with Gasteiger partial charge in [0.05, 0.1) is 6.10 Å². The van der Waals surface area contributed by atoms with Gasteiger partial charge in [-0.25, -0.2) is 8.42 Å². The van der Waals surface area contributed by atoms with Gasteiger partial charge in [0.15, 0.2) is 0 Å². The number of benzene rings is 2. The minimum Gasteiger partial charge on any atom is -0.491 e. The zero-order valence-corrected chi connectivity index (χ0v) is 18.2. The average molecular weight is 430 g/mol. The van der Waals surface area contributed by atoms with E-state index in [0.29, 0.717) is 17.1 Å². The Balaban J connectivity index is 1.61. The minimum atomic E-state index is -3.84. The van der Waals surface area contributed by atoms with Crippen LogP contribution < -0.4 is 14.8 Å². The smallest absolute Gasteiger partial charge is 0.241 e. The van der Waals surface area contributed by atoms with E-state index in [2.05, 4.69) is 21.5 Å². The molecule has 0 spiro atoms. The monoisotopic (exact) mass is 429 g/mol. The Morgan fingerprint density at radius 2 is 1.77 bits per heavy atom. The molecule has 0 radical (unpaired) electrons. The molecule has 0 saturated heterocycles. The van der Waals surface area contributed by atoms with Crippen LogP contribution in [0.3, 0.4) is 0 Å². The molecule has 1 aromatic heterocycles. The van der Waals surface area contributed by atoms with Crippen molar-refractivity contribution >= 4 is 38.2 Å². The number of anilines is 2. The van der Waals surface area contributed by atoms with Crippen molar-refractivity contribution in [1.29, 1.82) is 0 Å². The molecule has 1 heterocycles. The molecule has 3 rings (SSSR count). The standard InChI is InChI=1S/C22H27N3O4S/c1-4-12-25-13-11-17-14-19(7-10-21(17)25)23-22(26)15-30(27,28)24-18-5-8-20(9-6-18)29-16(2)3/h5-11,13-14,16,24H,4,12,15H2,1-3H3,(H,23,26). The number of ether oxygens (including phenoxy) is 1. The summed E-state index contributed by atoms with van der Waals surface area (Å²) in [4.78, 5) is 12.3. The number of nitrogens with zero attached hydrogens (tertiary/aromatic N) is 1. The van der Waals surface area contributed by atoms with Crippen LogP contribution in [0.25, 0.3) is 10.9 Å². The SMILES string of the molecule is CCCn1ccc2cc(NC(=O)CS(=O)(=O)Nc3ccc(OC(C)C)cc3)ccc21. The number of hydrogen-bond donors (Lipinski definition) is 2. The van der Waals surface area contributed by atoms with Crippen LogP contribution in [-0.4, -0.2) is 30.7 Å². The fourth-order valence-electron chi connectivity index (χ4n) is 3.17. The quantitative estimate of drug-likeness (QED) is 0.533. The molecule has 0 saturated carbocycles. The summed E-state index contributed by atoms with van der Waals surface area (Å²) < 4.78 is 34.8. The van der Waals surface area contributed by atoms with E-state index in [4.69, 9.17) is 4.74 Å². The Bertz CT molecular complexity index is 1120. The number of amides is 1. The highest BCUT2D eigenvalue weighted by molar-refractivity contribution is 7.93. The summed E-state index contributed by atoms with van der Waals surface area (Å²) in [5.74, 6) is -0.630. The van der Waals surface area contributed by atoms with Crippen molar-refractivity contribution < 1.29 is 17.9 Å². The lowest BCUT2D eigenvalue weighted by Crippen LogP contribution is -2.27. The van der Waals surface area contributed by atoms with Crippen LogP contribution in [0.1, 0.15) is 27.2 Å². The molecule has 7 nitrogen and oxygen atoms in total. The van der Waals surface area contributed by atoms with E-state index in [1.807, 2.05) is 38.2 Å². The Morgan fingerprint density at radius 1 is 1.07 bits per heavy atom. The highest BCUT2D eigenvalue weighted by Crippen LogP contribution is 2.21. The number of hydrogen-bond acceptors (Lipinski definition) is 4. The maximum atomic E-state index is 12.3. The number of fused-ring (bicyclic) bond motifs is 1. The van der Waals surface area contributed by atoms with Gasteiger partial charge >= 0.3 is 0 Å². The lowest BCUT2D eigenvalue weighted by molar-refractivity contribution is -0.113. The Labute approximate surface area is 177 Å². The zero-order valence-electron chi connectivity index (χ0n) is 17.4. The molecule has 2 N–H and O–H groups in total. The summed E-state index contributed by atoms with van der Waals surface area (Å²) in [5.41, 5.74) is 2.01. The van der Waals surface area contributed by atoms with Crippen LogP contribution in [0.5, 0.6) is 5.75 Å². The Hall–Kier alpha value is -3.00.